The van der Waals surface area contributed by atoms with E-state index in [9.17, 15) is 13.2 Å². The number of anilines is 1. The molecule has 0 radical (unpaired) electrons. The van der Waals surface area contributed by atoms with Gasteiger partial charge >= 0.3 is 6.18 Å². The van der Waals surface area contributed by atoms with Crippen molar-refractivity contribution in [2.24, 2.45) is 0 Å². The van der Waals surface area contributed by atoms with Crippen LogP contribution in [0.4, 0.5) is 19.0 Å². The van der Waals surface area contributed by atoms with Gasteiger partial charge in [-0.25, -0.2) is 4.98 Å². The van der Waals surface area contributed by atoms with Gasteiger partial charge < -0.3 is 5.32 Å². The first-order valence-corrected chi connectivity index (χ1v) is 6.66. The lowest BCUT2D eigenvalue weighted by molar-refractivity contribution is -0.141. The summed E-state index contributed by atoms with van der Waals surface area (Å²) in [5.41, 5.74) is -0.0961. The number of nitrogens with one attached hydrogen (secondary N) is 1. The fraction of sp³-hybridized carbons (Fsp3) is 0.143. The monoisotopic (exact) mass is 355 g/mol. The number of nitrogens with zero attached hydrogens (tertiary/aromatic N) is 2. The molecule has 0 amide bonds. The molecular weight excluding hydrogens is 347 g/mol. The Bertz CT molecular complexity index is 675. The van der Waals surface area contributed by atoms with Crippen molar-refractivity contribution in [2.75, 3.05) is 5.32 Å². The Kier molecular flexibility index (Phi) is 4.48. The average molecular weight is 356 g/mol. The molecule has 0 atom stereocenters. The molecule has 0 aliphatic heterocycles. The summed E-state index contributed by atoms with van der Waals surface area (Å²) in [4.78, 5) is 3.48. The molecule has 1 N–H and O–H groups in total. The van der Waals surface area contributed by atoms with Crippen LogP contribution in [0.2, 0.25) is 0 Å². The number of pyridine rings is 1. The number of halogens is 4. The van der Waals surface area contributed by atoms with E-state index in [4.69, 9.17) is 5.26 Å². The van der Waals surface area contributed by atoms with E-state index in [1.165, 1.54) is 0 Å². The Hall–Kier alpha value is -2.07. The topological polar surface area (TPSA) is 48.7 Å². The molecule has 0 saturated heterocycles. The third kappa shape index (κ3) is 3.95. The van der Waals surface area contributed by atoms with Crippen molar-refractivity contribution >= 4 is 21.7 Å². The van der Waals surface area contributed by atoms with Gasteiger partial charge in [0.25, 0.3) is 0 Å². The highest BCUT2D eigenvalue weighted by atomic mass is 79.9. The van der Waals surface area contributed by atoms with Crippen molar-refractivity contribution in [1.29, 1.82) is 5.26 Å². The Morgan fingerprint density at radius 2 is 1.81 bits per heavy atom. The van der Waals surface area contributed by atoms with Gasteiger partial charge in [0.1, 0.15) is 17.6 Å². The Morgan fingerprint density at radius 1 is 1.14 bits per heavy atom. The lowest BCUT2D eigenvalue weighted by Gasteiger charge is -2.11. The summed E-state index contributed by atoms with van der Waals surface area (Å²) in [6, 6.07) is 11.0. The van der Waals surface area contributed by atoms with Crippen molar-refractivity contribution in [3.8, 4) is 6.07 Å². The van der Waals surface area contributed by atoms with Crippen LogP contribution in [0, 0.1) is 11.3 Å². The molecule has 0 spiro atoms. The number of aromatic nitrogens is 1. The largest absolute Gasteiger partial charge is 0.433 e. The minimum Gasteiger partial charge on any atom is -0.365 e. The normalized spacial score (nSPS) is 11.0. The Morgan fingerprint density at radius 3 is 2.38 bits per heavy atom. The van der Waals surface area contributed by atoms with Gasteiger partial charge in [0.15, 0.2) is 0 Å². The average Bonchev–Trinajstić information content (AvgIpc) is 2.45. The van der Waals surface area contributed by atoms with Crippen LogP contribution in [0.1, 0.15) is 16.8 Å². The van der Waals surface area contributed by atoms with Gasteiger partial charge in [-0.05, 0) is 29.8 Å². The maximum atomic E-state index is 12.6. The second-order valence-electron chi connectivity index (χ2n) is 4.18. The summed E-state index contributed by atoms with van der Waals surface area (Å²) in [5, 5.41) is 11.7. The first-order chi connectivity index (χ1) is 9.90. The predicted molar refractivity (Wildman–Crippen MR) is 75.4 cm³/mol. The summed E-state index contributed by atoms with van der Waals surface area (Å²) >= 11 is 3.29. The first-order valence-electron chi connectivity index (χ1n) is 5.87. The maximum absolute atomic E-state index is 12.6. The number of benzene rings is 1. The molecule has 2 rings (SSSR count). The highest BCUT2D eigenvalue weighted by Gasteiger charge is 2.33. The number of hydrogen-bond acceptors (Lipinski definition) is 3. The van der Waals surface area contributed by atoms with Gasteiger partial charge in [-0.1, -0.05) is 28.1 Å². The number of alkyl halides is 3. The predicted octanol–water partition coefficient (Wildman–Crippen LogP) is 4.35. The molecule has 1 aromatic carbocycles. The fourth-order valence-electron chi connectivity index (χ4n) is 1.63. The number of hydrogen-bond donors (Lipinski definition) is 1. The van der Waals surface area contributed by atoms with Crippen molar-refractivity contribution in [3.63, 3.8) is 0 Å². The molecule has 7 heteroatoms. The third-order valence-electron chi connectivity index (χ3n) is 2.68. The molecule has 0 fully saturated rings. The lowest BCUT2D eigenvalue weighted by Crippen LogP contribution is -2.11. The summed E-state index contributed by atoms with van der Waals surface area (Å²) in [5.74, 6) is -0.0738. The summed E-state index contributed by atoms with van der Waals surface area (Å²) < 4.78 is 38.8. The Balaban J connectivity index is 2.22. The van der Waals surface area contributed by atoms with Gasteiger partial charge in [0.05, 0.1) is 5.56 Å². The van der Waals surface area contributed by atoms with Crippen molar-refractivity contribution in [3.05, 3.63) is 57.7 Å². The molecular formula is C14H9BrF3N3. The smallest absolute Gasteiger partial charge is 0.365 e. The third-order valence-corrected chi connectivity index (χ3v) is 3.21. The van der Waals surface area contributed by atoms with Gasteiger partial charge in [-0.15, -0.1) is 0 Å². The van der Waals surface area contributed by atoms with Crippen LogP contribution in [0.3, 0.4) is 0 Å². The SMILES string of the molecule is N#Cc1ccc(C(F)(F)F)nc1NCc1ccc(Br)cc1. The van der Waals surface area contributed by atoms with E-state index in [2.05, 4.69) is 26.2 Å². The van der Waals surface area contributed by atoms with Crippen molar-refractivity contribution in [1.82, 2.24) is 4.98 Å². The van der Waals surface area contributed by atoms with E-state index in [1.54, 1.807) is 0 Å². The minimum absolute atomic E-state index is 0.0695. The van der Waals surface area contributed by atoms with Crippen LogP contribution >= 0.6 is 15.9 Å². The van der Waals surface area contributed by atoms with E-state index >= 15 is 0 Å². The molecule has 0 aliphatic rings. The van der Waals surface area contributed by atoms with E-state index in [0.717, 1.165) is 22.2 Å². The van der Waals surface area contributed by atoms with Gasteiger partial charge in [-0.2, -0.15) is 18.4 Å². The van der Waals surface area contributed by atoms with E-state index < -0.39 is 11.9 Å². The zero-order valence-electron chi connectivity index (χ0n) is 10.6. The zero-order valence-corrected chi connectivity index (χ0v) is 12.2. The van der Waals surface area contributed by atoms with E-state index in [1.807, 2.05) is 30.3 Å². The molecule has 2 aromatic rings. The second-order valence-corrected chi connectivity index (χ2v) is 5.10. The summed E-state index contributed by atoms with van der Waals surface area (Å²) in [6.07, 6.45) is -4.54. The van der Waals surface area contributed by atoms with E-state index in [-0.39, 0.29) is 17.9 Å². The maximum Gasteiger partial charge on any atom is 0.433 e. The van der Waals surface area contributed by atoms with Crippen molar-refractivity contribution < 1.29 is 13.2 Å². The number of nitriles is 1. The minimum atomic E-state index is -4.54. The van der Waals surface area contributed by atoms with Crippen LogP contribution in [0.5, 0.6) is 0 Å². The molecule has 1 aromatic heterocycles. The van der Waals surface area contributed by atoms with Gasteiger partial charge in [0, 0.05) is 11.0 Å². The van der Waals surface area contributed by atoms with Crippen LogP contribution in [-0.4, -0.2) is 4.98 Å². The molecule has 3 nitrogen and oxygen atoms in total. The van der Waals surface area contributed by atoms with Crippen LogP contribution in [0.15, 0.2) is 40.9 Å². The molecule has 0 unspecified atom stereocenters. The molecule has 0 aliphatic carbocycles. The highest BCUT2D eigenvalue weighted by molar-refractivity contribution is 9.10. The quantitative estimate of drug-likeness (QED) is 0.890. The zero-order chi connectivity index (χ0) is 15.5. The molecule has 21 heavy (non-hydrogen) atoms. The first kappa shape index (κ1) is 15.3. The van der Waals surface area contributed by atoms with Crippen LogP contribution in [-0.2, 0) is 12.7 Å². The lowest BCUT2D eigenvalue weighted by atomic mass is 10.2. The fourth-order valence-corrected chi connectivity index (χ4v) is 1.89. The van der Waals surface area contributed by atoms with Crippen LogP contribution in [0.25, 0.3) is 0 Å². The highest BCUT2D eigenvalue weighted by Crippen LogP contribution is 2.29. The summed E-state index contributed by atoms with van der Waals surface area (Å²) in [7, 11) is 0. The summed E-state index contributed by atoms with van der Waals surface area (Å²) in [6.45, 7) is 0.274. The molecule has 1 heterocycles. The molecule has 0 bridgehead atoms. The number of rotatable bonds is 3. The second kappa shape index (κ2) is 6.14. The standard InChI is InChI=1S/C14H9BrF3N3/c15-11-4-1-9(2-5-11)8-20-13-10(7-19)3-6-12(21-13)14(16,17)18/h1-6H,8H2,(H,20,21). The Labute approximate surface area is 127 Å². The molecule has 108 valence electrons. The van der Waals surface area contributed by atoms with Crippen molar-refractivity contribution in [2.45, 2.75) is 12.7 Å². The molecule has 0 saturated carbocycles. The van der Waals surface area contributed by atoms with E-state index in [0.29, 0.717) is 0 Å². The van der Waals surface area contributed by atoms with Gasteiger partial charge in [0.2, 0.25) is 0 Å². The van der Waals surface area contributed by atoms with Gasteiger partial charge in [-0.3, -0.25) is 0 Å². The van der Waals surface area contributed by atoms with Crippen LogP contribution < -0.4 is 5.32 Å².